The van der Waals surface area contributed by atoms with Crippen LogP contribution in [0, 0.1) is 5.82 Å². The number of halogens is 4. The fraction of sp³-hybridized carbons (Fsp3) is 0.458. The molecule has 0 spiro atoms. The molecule has 0 bridgehead atoms. The van der Waals surface area contributed by atoms with Crippen LogP contribution in [0.3, 0.4) is 0 Å². The molecule has 1 aliphatic rings. The van der Waals surface area contributed by atoms with Crippen LogP contribution in [0.15, 0.2) is 48.5 Å². The van der Waals surface area contributed by atoms with Gasteiger partial charge in [-0.3, -0.25) is 4.79 Å². The quantitative estimate of drug-likeness (QED) is 0.574. The van der Waals surface area contributed by atoms with E-state index in [0.717, 1.165) is 44.2 Å². The maximum Gasteiger partial charge on any atom is 0.416 e. The molecule has 0 aromatic heterocycles. The van der Waals surface area contributed by atoms with Crippen LogP contribution in [-0.2, 0) is 22.8 Å². The minimum atomic E-state index is -4.40. The second-order valence-electron chi connectivity index (χ2n) is 8.03. The maximum absolute atomic E-state index is 14.7. The van der Waals surface area contributed by atoms with Crippen LogP contribution in [0.5, 0.6) is 0 Å². The summed E-state index contributed by atoms with van der Waals surface area (Å²) in [5.41, 5.74) is -0.708. The smallest absolute Gasteiger partial charge is 0.355 e. The molecule has 3 rings (SSSR count). The van der Waals surface area contributed by atoms with E-state index in [2.05, 4.69) is 5.32 Å². The maximum atomic E-state index is 14.7. The first kappa shape index (κ1) is 22.3. The van der Waals surface area contributed by atoms with Gasteiger partial charge in [0.15, 0.2) is 0 Å². The van der Waals surface area contributed by atoms with Gasteiger partial charge in [-0.05, 0) is 37.0 Å². The number of hydrogen-bond acceptors (Lipinski definition) is 1. The number of amides is 1. The van der Waals surface area contributed by atoms with Crippen LogP contribution in [-0.4, -0.2) is 12.5 Å². The third-order valence-electron chi connectivity index (χ3n) is 5.98. The molecule has 1 saturated carbocycles. The molecular formula is C24H27F4NO. The Labute approximate surface area is 174 Å². The Balaban J connectivity index is 1.75. The summed E-state index contributed by atoms with van der Waals surface area (Å²) >= 11 is 0. The van der Waals surface area contributed by atoms with Crippen LogP contribution in [0.2, 0.25) is 0 Å². The Morgan fingerprint density at radius 1 is 0.933 bits per heavy atom. The molecular weight excluding hydrogens is 394 g/mol. The van der Waals surface area contributed by atoms with Gasteiger partial charge >= 0.3 is 6.18 Å². The molecule has 0 radical (unpaired) electrons. The molecule has 0 atom stereocenters. The summed E-state index contributed by atoms with van der Waals surface area (Å²) in [5.74, 6) is -0.618. The first-order chi connectivity index (χ1) is 14.3. The lowest BCUT2D eigenvalue weighted by Crippen LogP contribution is -2.46. The lowest BCUT2D eigenvalue weighted by atomic mass is 9.70. The monoisotopic (exact) mass is 421 g/mol. The third-order valence-corrected chi connectivity index (χ3v) is 5.98. The lowest BCUT2D eigenvalue weighted by Gasteiger charge is -2.35. The molecule has 0 unspecified atom stereocenters. The molecule has 162 valence electrons. The van der Waals surface area contributed by atoms with E-state index in [1.54, 1.807) is 24.3 Å². The van der Waals surface area contributed by atoms with Crippen molar-refractivity contribution in [2.45, 2.75) is 63.0 Å². The zero-order valence-corrected chi connectivity index (χ0v) is 16.9. The van der Waals surface area contributed by atoms with Crippen molar-refractivity contribution in [2.24, 2.45) is 0 Å². The first-order valence-corrected chi connectivity index (χ1v) is 10.5. The Bertz CT molecular complexity index is 854. The molecule has 2 nitrogen and oxygen atoms in total. The van der Waals surface area contributed by atoms with Gasteiger partial charge in [-0.15, -0.1) is 0 Å². The topological polar surface area (TPSA) is 29.1 Å². The van der Waals surface area contributed by atoms with Crippen LogP contribution in [0.1, 0.15) is 61.6 Å². The van der Waals surface area contributed by atoms with E-state index in [9.17, 15) is 22.4 Å². The normalized spacial score (nSPS) is 17.1. The summed E-state index contributed by atoms with van der Waals surface area (Å²) in [7, 11) is 0. The van der Waals surface area contributed by atoms with Gasteiger partial charge in [0.25, 0.3) is 0 Å². The lowest BCUT2D eigenvalue weighted by molar-refractivity contribution is -0.137. The van der Waals surface area contributed by atoms with Crippen molar-refractivity contribution in [2.75, 3.05) is 6.54 Å². The highest BCUT2D eigenvalue weighted by Crippen LogP contribution is 2.39. The Morgan fingerprint density at radius 2 is 1.60 bits per heavy atom. The molecule has 2 aromatic carbocycles. The third kappa shape index (κ3) is 5.21. The molecule has 1 amide bonds. The molecule has 1 N–H and O–H groups in total. The van der Waals surface area contributed by atoms with Crippen LogP contribution in [0.4, 0.5) is 17.6 Å². The number of carbonyl (C=O) groups is 1. The fourth-order valence-corrected chi connectivity index (χ4v) is 4.37. The van der Waals surface area contributed by atoms with E-state index in [1.807, 2.05) is 0 Å². The van der Waals surface area contributed by atoms with Gasteiger partial charge < -0.3 is 5.32 Å². The number of rotatable bonds is 5. The summed E-state index contributed by atoms with van der Waals surface area (Å²) in [5, 5.41) is 2.89. The van der Waals surface area contributed by atoms with Gasteiger partial charge in [0.2, 0.25) is 5.91 Å². The van der Waals surface area contributed by atoms with Crippen LogP contribution < -0.4 is 5.32 Å². The van der Waals surface area contributed by atoms with Crippen molar-refractivity contribution in [1.82, 2.24) is 5.32 Å². The number of benzene rings is 2. The number of hydrogen-bond donors (Lipinski definition) is 1. The second kappa shape index (κ2) is 9.63. The van der Waals surface area contributed by atoms with Crippen molar-refractivity contribution < 1.29 is 22.4 Å². The van der Waals surface area contributed by atoms with Crippen LogP contribution >= 0.6 is 0 Å². The summed E-state index contributed by atoms with van der Waals surface area (Å²) in [4.78, 5) is 13.3. The van der Waals surface area contributed by atoms with E-state index in [0.29, 0.717) is 24.0 Å². The van der Waals surface area contributed by atoms with E-state index in [1.165, 1.54) is 12.1 Å². The summed E-state index contributed by atoms with van der Waals surface area (Å²) < 4.78 is 53.4. The number of nitrogens with one attached hydrogen (secondary N) is 1. The van der Waals surface area contributed by atoms with Crippen molar-refractivity contribution in [3.63, 3.8) is 0 Å². The van der Waals surface area contributed by atoms with Crippen molar-refractivity contribution in [3.8, 4) is 0 Å². The van der Waals surface area contributed by atoms with E-state index in [4.69, 9.17) is 0 Å². The molecule has 1 fully saturated rings. The minimum absolute atomic E-state index is 0.205. The van der Waals surface area contributed by atoms with Gasteiger partial charge in [-0.25, -0.2) is 4.39 Å². The molecule has 0 heterocycles. The van der Waals surface area contributed by atoms with Gasteiger partial charge in [-0.2, -0.15) is 13.2 Å². The summed E-state index contributed by atoms with van der Waals surface area (Å²) in [6, 6.07) is 11.5. The van der Waals surface area contributed by atoms with E-state index >= 15 is 0 Å². The zero-order valence-electron chi connectivity index (χ0n) is 16.9. The highest BCUT2D eigenvalue weighted by atomic mass is 19.4. The average molecular weight is 421 g/mol. The van der Waals surface area contributed by atoms with Crippen LogP contribution in [0.25, 0.3) is 0 Å². The van der Waals surface area contributed by atoms with Gasteiger partial charge in [0.1, 0.15) is 5.82 Å². The molecule has 0 saturated heterocycles. The highest BCUT2D eigenvalue weighted by Gasteiger charge is 2.41. The highest BCUT2D eigenvalue weighted by molar-refractivity contribution is 5.88. The minimum Gasteiger partial charge on any atom is -0.355 e. The molecule has 0 aliphatic heterocycles. The Kier molecular flexibility index (Phi) is 7.16. The molecule has 6 heteroatoms. The molecule has 30 heavy (non-hydrogen) atoms. The van der Waals surface area contributed by atoms with Crippen molar-refractivity contribution >= 4 is 5.91 Å². The van der Waals surface area contributed by atoms with Crippen molar-refractivity contribution in [1.29, 1.82) is 0 Å². The molecule has 1 aliphatic carbocycles. The van der Waals surface area contributed by atoms with Gasteiger partial charge in [0.05, 0.1) is 11.0 Å². The van der Waals surface area contributed by atoms with Crippen molar-refractivity contribution in [3.05, 3.63) is 71.0 Å². The van der Waals surface area contributed by atoms with Gasteiger partial charge in [0, 0.05) is 12.1 Å². The first-order valence-electron chi connectivity index (χ1n) is 10.5. The number of carbonyl (C=O) groups excluding carboxylic acids is 1. The average Bonchev–Trinajstić information content (AvgIpc) is 2.68. The predicted molar refractivity (Wildman–Crippen MR) is 109 cm³/mol. The number of alkyl halides is 3. The second-order valence-corrected chi connectivity index (χ2v) is 8.03. The van der Waals surface area contributed by atoms with Gasteiger partial charge in [-0.1, -0.05) is 68.5 Å². The fourth-order valence-electron chi connectivity index (χ4n) is 4.37. The summed E-state index contributed by atoms with van der Waals surface area (Å²) in [6.45, 7) is 0.205. The Hall–Kier alpha value is -2.37. The standard InChI is InChI=1S/C24H27F4NO/c25-21-12-5-4-11-20(21)23(14-6-2-1-3-7-15-23)22(30)29-16-13-18-9-8-10-19(17-18)24(26,27)28/h4-5,8-12,17H,1-3,6-7,13-16H2,(H,29,30). The molecule has 2 aromatic rings. The summed E-state index contributed by atoms with van der Waals surface area (Å²) in [6.07, 6.45) is 1.85. The van der Waals surface area contributed by atoms with E-state index < -0.39 is 17.2 Å². The largest absolute Gasteiger partial charge is 0.416 e. The van der Waals surface area contributed by atoms with E-state index in [-0.39, 0.29) is 24.7 Å². The SMILES string of the molecule is O=C(NCCc1cccc(C(F)(F)F)c1)C1(c2ccccc2F)CCCCCCC1. The predicted octanol–water partition coefficient (Wildman–Crippen LogP) is 6.19. The zero-order chi connectivity index (χ0) is 21.6. The Morgan fingerprint density at radius 3 is 2.27 bits per heavy atom.